The molecule has 0 spiro atoms. The van der Waals surface area contributed by atoms with Gasteiger partial charge in [-0.2, -0.15) is 0 Å². The Hall–Kier alpha value is -1.04. The van der Waals surface area contributed by atoms with Gasteiger partial charge in [0.2, 0.25) is 0 Å². The van der Waals surface area contributed by atoms with E-state index in [-0.39, 0.29) is 6.61 Å². The molecular formula is C12H14F2O3. The van der Waals surface area contributed by atoms with Crippen molar-refractivity contribution in [2.45, 2.75) is 31.3 Å². The van der Waals surface area contributed by atoms with E-state index in [1.165, 1.54) is 0 Å². The van der Waals surface area contributed by atoms with E-state index in [0.717, 1.165) is 5.56 Å². The molecule has 0 aliphatic carbocycles. The molecule has 0 amide bonds. The van der Waals surface area contributed by atoms with Crippen molar-refractivity contribution in [3.63, 3.8) is 0 Å². The quantitative estimate of drug-likeness (QED) is 0.874. The first-order valence-electron chi connectivity index (χ1n) is 5.42. The first kappa shape index (κ1) is 12.4. The zero-order valence-corrected chi connectivity index (χ0v) is 9.13. The minimum atomic E-state index is -1.99. The van der Waals surface area contributed by atoms with E-state index in [2.05, 4.69) is 0 Å². The first-order valence-corrected chi connectivity index (χ1v) is 5.42. The summed E-state index contributed by atoms with van der Waals surface area (Å²) in [6.45, 7) is 0.230. The van der Waals surface area contributed by atoms with Gasteiger partial charge in [-0.15, -0.1) is 0 Å². The molecule has 0 radical (unpaired) electrons. The summed E-state index contributed by atoms with van der Waals surface area (Å²) in [7, 11) is 0. The predicted molar refractivity (Wildman–Crippen MR) is 56.8 cm³/mol. The molecule has 5 heteroatoms. The molecule has 1 aromatic rings. The summed E-state index contributed by atoms with van der Waals surface area (Å²) in [5.74, 6) is 0. The van der Waals surface area contributed by atoms with E-state index in [4.69, 9.17) is 14.6 Å². The smallest absolute Gasteiger partial charge is 0.189 e. The van der Waals surface area contributed by atoms with Crippen molar-refractivity contribution in [3.05, 3.63) is 35.9 Å². The number of alkyl halides is 2. The lowest BCUT2D eigenvalue weighted by Crippen LogP contribution is -2.27. The number of halogens is 2. The third-order valence-corrected chi connectivity index (χ3v) is 2.64. The fourth-order valence-corrected chi connectivity index (χ4v) is 1.69. The molecule has 1 aromatic carbocycles. The highest BCUT2D eigenvalue weighted by molar-refractivity contribution is 5.13. The Morgan fingerprint density at radius 3 is 2.47 bits per heavy atom. The highest BCUT2D eigenvalue weighted by atomic mass is 19.2. The van der Waals surface area contributed by atoms with Crippen LogP contribution in [0.25, 0.3) is 0 Å². The van der Waals surface area contributed by atoms with Crippen molar-refractivity contribution in [3.8, 4) is 0 Å². The number of ether oxygens (including phenoxy) is 2. The Balaban J connectivity index is 1.76. The van der Waals surface area contributed by atoms with Gasteiger partial charge in [-0.05, 0) is 5.56 Å². The van der Waals surface area contributed by atoms with E-state index in [9.17, 15) is 8.78 Å². The second-order valence-electron chi connectivity index (χ2n) is 3.95. The first-order chi connectivity index (χ1) is 8.18. The maximum absolute atomic E-state index is 13.2. The summed E-state index contributed by atoms with van der Waals surface area (Å²) in [5, 5.41) is 8.96. The Labute approximate surface area is 98.0 Å². The van der Waals surface area contributed by atoms with E-state index in [1.54, 1.807) is 0 Å². The van der Waals surface area contributed by atoms with Gasteiger partial charge in [0, 0.05) is 0 Å². The summed E-state index contributed by atoms with van der Waals surface area (Å²) in [4.78, 5) is 0. The lowest BCUT2D eigenvalue weighted by Gasteiger charge is -2.12. The second kappa shape index (κ2) is 5.53. The Kier molecular flexibility index (Phi) is 4.04. The van der Waals surface area contributed by atoms with Crippen molar-refractivity contribution in [2.24, 2.45) is 0 Å². The summed E-state index contributed by atoms with van der Waals surface area (Å²) >= 11 is 0. The van der Waals surface area contributed by atoms with Crippen molar-refractivity contribution >= 4 is 0 Å². The summed E-state index contributed by atoms with van der Waals surface area (Å²) in [5.41, 5.74) is 0.943. The topological polar surface area (TPSA) is 38.7 Å². The molecule has 1 fully saturated rings. The van der Waals surface area contributed by atoms with Crippen LogP contribution in [0.15, 0.2) is 30.3 Å². The Morgan fingerprint density at radius 1 is 1.18 bits per heavy atom. The van der Waals surface area contributed by atoms with Gasteiger partial charge in [-0.1, -0.05) is 30.3 Å². The van der Waals surface area contributed by atoms with Crippen LogP contribution in [0.2, 0.25) is 0 Å². The fourth-order valence-electron chi connectivity index (χ4n) is 1.69. The van der Waals surface area contributed by atoms with Gasteiger partial charge >= 0.3 is 0 Å². The largest absolute Gasteiger partial charge is 0.374 e. The van der Waals surface area contributed by atoms with Gasteiger partial charge in [-0.3, -0.25) is 0 Å². The Morgan fingerprint density at radius 2 is 1.88 bits per heavy atom. The molecule has 1 heterocycles. The number of aliphatic hydroxyl groups is 1. The van der Waals surface area contributed by atoms with Crippen LogP contribution in [-0.4, -0.2) is 36.5 Å². The van der Waals surface area contributed by atoms with Gasteiger partial charge in [0.1, 0.15) is 6.10 Å². The number of hydrogen-bond donors (Lipinski definition) is 1. The third kappa shape index (κ3) is 3.00. The molecule has 2 rings (SSSR count). The maximum Gasteiger partial charge on any atom is 0.189 e. The van der Waals surface area contributed by atoms with Gasteiger partial charge in [0.05, 0.1) is 13.2 Å². The lowest BCUT2D eigenvalue weighted by atomic mass is 10.2. The Bertz CT molecular complexity index is 347. The molecule has 1 aliphatic heterocycles. The minimum absolute atomic E-state index is 0.0759. The molecule has 1 saturated heterocycles. The average Bonchev–Trinajstić information content (AvgIpc) is 2.59. The van der Waals surface area contributed by atoms with Gasteiger partial charge in [0.25, 0.3) is 0 Å². The lowest BCUT2D eigenvalue weighted by molar-refractivity contribution is -0.127. The normalized spacial score (nSPS) is 32.9. The molecule has 1 aliphatic rings. The molecule has 17 heavy (non-hydrogen) atoms. The maximum atomic E-state index is 13.2. The molecule has 4 atom stereocenters. The summed E-state index contributed by atoms with van der Waals surface area (Å²) in [6, 6.07) is 9.35. The number of rotatable bonds is 4. The average molecular weight is 244 g/mol. The van der Waals surface area contributed by atoms with Crippen LogP contribution < -0.4 is 0 Å². The van der Waals surface area contributed by atoms with Crippen LogP contribution in [0.1, 0.15) is 5.56 Å². The van der Waals surface area contributed by atoms with Crippen LogP contribution in [0.4, 0.5) is 8.78 Å². The van der Waals surface area contributed by atoms with E-state index in [1.807, 2.05) is 30.3 Å². The standard InChI is InChI=1S/C12H14F2O3/c13-10-9(17-12(15)11(10)14)7-16-6-8-4-2-1-3-5-8/h1-5,9-12,15H,6-7H2/t9-,10-,11+,12+/m1/s1. The zero-order chi connectivity index (χ0) is 12.3. The van der Waals surface area contributed by atoms with Crippen LogP contribution in [0.5, 0.6) is 0 Å². The van der Waals surface area contributed by atoms with Crippen LogP contribution in [0, 0.1) is 0 Å². The predicted octanol–water partition coefficient (Wildman–Crippen LogP) is 1.60. The van der Waals surface area contributed by atoms with E-state index >= 15 is 0 Å². The van der Waals surface area contributed by atoms with Crippen molar-refractivity contribution in [1.82, 2.24) is 0 Å². The third-order valence-electron chi connectivity index (χ3n) is 2.64. The highest BCUT2D eigenvalue weighted by Crippen LogP contribution is 2.25. The molecule has 94 valence electrons. The van der Waals surface area contributed by atoms with Crippen molar-refractivity contribution in [2.75, 3.05) is 6.61 Å². The summed E-state index contributed by atoms with van der Waals surface area (Å²) in [6.07, 6.45) is -6.54. The second-order valence-corrected chi connectivity index (χ2v) is 3.95. The van der Waals surface area contributed by atoms with Crippen LogP contribution in [-0.2, 0) is 16.1 Å². The van der Waals surface area contributed by atoms with Crippen LogP contribution >= 0.6 is 0 Å². The highest BCUT2D eigenvalue weighted by Gasteiger charge is 2.44. The van der Waals surface area contributed by atoms with Gasteiger partial charge < -0.3 is 14.6 Å². The molecular weight excluding hydrogens is 230 g/mol. The minimum Gasteiger partial charge on any atom is -0.374 e. The number of hydrogen-bond acceptors (Lipinski definition) is 3. The van der Waals surface area contributed by atoms with Gasteiger partial charge in [0.15, 0.2) is 18.6 Å². The van der Waals surface area contributed by atoms with E-state index < -0.39 is 24.7 Å². The molecule has 0 unspecified atom stereocenters. The fraction of sp³-hybridized carbons (Fsp3) is 0.500. The molecule has 0 aromatic heterocycles. The van der Waals surface area contributed by atoms with E-state index in [0.29, 0.717) is 6.61 Å². The number of aliphatic hydroxyl groups excluding tert-OH is 1. The monoisotopic (exact) mass is 244 g/mol. The molecule has 1 N–H and O–H groups in total. The molecule has 0 saturated carbocycles. The summed E-state index contributed by atoms with van der Waals surface area (Å²) < 4.78 is 36.1. The molecule has 0 bridgehead atoms. The SMILES string of the molecule is O[C@H]1O[C@H](COCc2ccccc2)[C@@H](F)[C@@H]1F. The molecule has 3 nitrogen and oxygen atoms in total. The number of benzene rings is 1. The zero-order valence-electron chi connectivity index (χ0n) is 9.13. The van der Waals surface area contributed by atoms with Crippen molar-refractivity contribution in [1.29, 1.82) is 0 Å². The van der Waals surface area contributed by atoms with Gasteiger partial charge in [-0.25, -0.2) is 8.78 Å². The van der Waals surface area contributed by atoms with Crippen LogP contribution in [0.3, 0.4) is 0 Å². The van der Waals surface area contributed by atoms with Crippen molar-refractivity contribution < 1.29 is 23.4 Å².